The van der Waals surface area contributed by atoms with Gasteiger partial charge in [-0.2, -0.15) is 0 Å². The summed E-state index contributed by atoms with van der Waals surface area (Å²) >= 11 is 0. The van der Waals surface area contributed by atoms with E-state index < -0.39 is 26.6 Å². The third kappa shape index (κ3) is 54.2. The summed E-state index contributed by atoms with van der Waals surface area (Å²) in [6.45, 7) is 6.73. The van der Waals surface area contributed by atoms with E-state index in [0.717, 1.165) is 103 Å². The Hall–Kier alpha value is -2.55. The molecular formula is C64H117N2O7P. The normalized spacial score (nSPS) is 14.2. The second-order valence-electron chi connectivity index (χ2n) is 21.8. The Kier molecular flexibility index (Phi) is 52.0. The maximum atomic E-state index is 13.5. The molecule has 0 aromatic carbocycles. The highest BCUT2D eigenvalue weighted by atomic mass is 31.2. The summed E-state index contributed by atoms with van der Waals surface area (Å²) in [5.74, 6) is -0.550. The highest BCUT2D eigenvalue weighted by molar-refractivity contribution is 7.45. The molecular weight excluding hydrogens is 940 g/mol. The summed E-state index contributed by atoms with van der Waals surface area (Å²) in [5.41, 5.74) is 0. The van der Waals surface area contributed by atoms with E-state index in [1.807, 2.05) is 33.3 Å². The predicted octanol–water partition coefficient (Wildman–Crippen LogP) is 18.2. The number of carbonyl (C=O) groups excluding carboxylic acids is 2. The van der Waals surface area contributed by atoms with Gasteiger partial charge in [0.1, 0.15) is 19.3 Å². The van der Waals surface area contributed by atoms with Crippen LogP contribution in [0.2, 0.25) is 0 Å². The van der Waals surface area contributed by atoms with Crippen molar-refractivity contribution in [2.75, 3.05) is 40.9 Å². The molecule has 74 heavy (non-hydrogen) atoms. The molecule has 0 spiro atoms. The largest absolute Gasteiger partial charge is 0.756 e. The van der Waals surface area contributed by atoms with Crippen molar-refractivity contribution in [1.29, 1.82) is 0 Å². The number of hydrogen-bond acceptors (Lipinski definition) is 7. The van der Waals surface area contributed by atoms with Crippen LogP contribution >= 0.6 is 7.82 Å². The number of phosphoric acid groups is 1. The van der Waals surface area contributed by atoms with Crippen molar-refractivity contribution in [3.63, 3.8) is 0 Å². The fourth-order valence-electron chi connectivity index (χ4n) is 8.67. The van der Waals surface area contributed by atoms with Crippen LogP contribution in [0.4, 0.5) is 0 Å². The molecule has 0 aliphatic rings. The standard InChI is InChI=1S/C64H117N2O7P/c1-7-10-13-16-19-22-25-28-29-30-31-32-33-34-35-36-37-39-42-45-48-51-54-57-64(68)73-62(55-52-49-46-43-40-27-24-21-18-15-12-9-3)61(60-72-74(69,70)71-59-58-66(4,5)6)65-63(67)56-53-50-47-44-41-38-26-23-20-17-14-11-8-2/h10,13,19,22,28-29,31-32,34-35,52,55,61-62H,7-9,11-12,14-18,20-21,23-27,30,33,36-51,53-54,56-60H2,1-6H3,(H-,65,67,69,70)/b13-10-,22-19-,29-28-,32-31-,35-34-,55-52+. The summed E-state index contributed by atoms with van der Waals surface area (Å²) < 4.78 is 30.3. The van der Waals surface area contributed by atoms with Crippen molar-refractivity contribution < 1.29 is 37.3 Å². The van der Waals surface area contributed by atoms with Crippen LogP contribution in [0.15, 0.2) is 72.9 Å². The molecule has 0 rings (SSSR count). The SMILES string of the molecule is CC/C=C\C/C=C\C/C=C\C/C=C\C/C=C\CCCCCCCCCC(=O)OC(/C=C/CCCCCCCCCCCC)C(COP(=O)([O-])OCC[N+](C)(C)C)NC(=O)CCCCCCCCCCCCCCC. The van der Waals surface area contributed by atoms with Crippen molar-refractivity contribution in [3.05, 3.63) is 72.9 Å². The van der Waals surface area contributed by atoms with Gasteiger partial charge in [0, 0.05) is 12.8 Å². The fourth-order valence-corrected chi connectivity index (χ4v) is 9.39. The van der Waals surface area contributed by atoms with Gasteiger partial charge in [0.05, 0.1) is 33.8 Å². The number of ether oxygens (including phenoxy) is 1. The zero-order valence-electron chi connectivity index (χ0n) is 49.0. The number of phosphoric ester groups is 1. The molecule has 0 aromatic heterocycles. The number of likely N-dealkylation sites (N-methyl/N-ethyl adjacent to an activating group) is 1. The van der Waals surface area contributed by atoms with Crippen LogP contribution in [0.3, 0.4) is 0 Å². The van der Waals surface area contributed by atoms with Gasteiger partial charge < -0.3 is 28.5 Å². The van der Waals surface area contributed by atoms with E-state index in [2.05, 4.69) is 86.8 Å². The van der Waals surface area contributed by atoms with Gasteiger partial charge in [-0.3, -0.25) is 14.2 Å². The zero-order chi connectivity index (χ0) is 54.3. The highest BCUT2D eigenvalue weighted by Crippen LogP contribution is 2.38. The Labute approximate surface area is 457 Å². The number of esters is 1. The second kappa shape index (κ2) is 53.8. The lowest BCUT2D eigenvalue weighted by atomic mass is 10.0. The number of quaternary nitrogens is 1. The molecule has 0 aliphatic heterocycles. The average molecular weight is 1060 g/mol. The van der Waals surface area contributed by atoms with Crippen LogP contribution in [0.25, 0.3) is 0 Å². The van der Waals surface area contributed by atoms with Crippen molar-refractivity contribution in [2.24, 2.45) is 0 Å². The van der Waals surface area contributed by atoms with E-state index in [0.29, 0.717) is 17.4 Å². The molecule has 1 N–H and O–H groups in total. The van der Waals surface area contributed by atoms with Gasteiger partial charge in [-0.25, -0.2) is 0 Å². The number of unbranched alkanes of at least 4 members (excludes halogenated alkanes) is 29. The Morgan fingerprint density at radius 2 is 0.865 bits per heavy atom. The van der Waals surface area contributed by atoms with Crippen LogP contribution in [0.5, 0.6) is 0 Å². The molecule has 1 amide bonds. The molecule has 0 radical (unpaired) electrons. The minimum Gasteiger partial charge on any atom is -0.756 e. The number of allylic oxidation sites excluding steroid dienone is 11. The van der Waals surface area contributed by atoms with Crippen molar-refractivity contribution >= 4 is 19.7 Å². The average Bonchev–Trinajstić information content (AvgIpc) is 3.36. The summed E-state index contributed by atoms with van der Waals surface area (Å²) in [6.07, 6.45) is 68.6. The number of carbonyl (C=O) groups is 2. The van der Waals surface area contributed by atoms with Crippen LogP contribution in [-0.4, -0.2) is 69.4 Å². The summed E-state index contributed by atoms with van der Waals surface area (Å²) in [4.78, 5) is 39.9. The molecule has 3 atom stereocenters. The zero-order valence-corrected chi connectivity index (χ0v) is 49.9. The van der Waals surface area contributed by atoms with Gasteiger partial charge in [-0.05, 0) is 76.7 Å². The van der Waals surface area contributed by atoms with Crippen LogP contribution < -0.4 is 10.2 Å². The van der Waals surface area contributed by atoms with E-state index in [1.54, 1.807) is 0 Å². The maximum Gasteiger partial charge on any atom is 0.306 e. The number of nitrogens with zero attached hydrogens (tertiary/aromatic N) is 1. The van der Waals surface area contributed by atoms with Gasteiger partial charge in [0.15, 0.2) is 0 Å². The lowest BCUT2D eigenvalue weighted by Gasteiger charge is -2.30. The van der Waals surface area contributed by atoms with Crippen molar-refractivity contribution in [2.45, 2.75) is 283 Å². The summed E-state index contributed by atoms with van der Waals surface area (Å²) in [7, 11) is 1.18. The van der Waals surface area contributed by atoms with Crippen LogP contribution in [0, 0.1) is 0 Å². The second-order valence-corrected chi connectivity index (χ2v) is 23.2. The lowest BCUT2D eigenvalue weighted by Crippen LogP contribution is -2.47. The number of nitrogens with one attached hydrogen (secondary N) is 1. The van der Waals surface area contributed by atoms with Gasteiger partial charge in [-0.1, -0.05) is 255 Å². The van der Waals surface area contributed by atoms with E-state index >= 15 is 0 Å². The minimum atomic E-state index is -4.70. The Bertz CT molecular complexity index is 1500. The Morgan fingerprint density at radius 3 is 1.30 bits per heavy atom. The van der Waals surface area contributed by atoms with Gasteiger partial charge in [-0.15, -0.1) is 0 Å². The molecule has 0 aromatic rings. The number of rotatable bonds is 55. The number of hydrogen-bond donors (Lipinski definition) is 1. The molecule has 0 saturated carbocycles. The summed E-state index contributed by atoms with van der Waals surface area (Å²) in [6, 6.07) is -0.892. The van der Waals surface area contributed by atoms with E-state index in [-0.39, 0.29) is 24.9 Å². The Morgan fingerprint density at radius 1 is 0.486 bits per heavy atom. The summed E-state index contributed by atoms with van der Waals surface area (Å²) in [5, 5.41) is 3.02. The van der Waals surface area contributed by atoms with Gasteiger partial charge >= 0.3 is 5.97 Å². The van der Waals surface area contributed by atoms with Crippen molar-refractivity contribution in [3.8, 4) is 0 Å². The van der Waals surface area contributed by atoms with Gasteiger partial charge in [0.2, 0.25) is 5.91 Å². The van der Waals surface area contributed by atoms with Crippen LogP contribution in [0.1, 0.15) is 271 Å². The molecule has 0 fully saturated rings. The van der Waals surface area contributed by atoms with Crippen molar-refractivity contribution in [1.82, 2.24) is 5.32 Å². The lowest BCUT2D eigenvalue weighted by molar-refractivity contribution is -0.870. The van der Waals surface area contributed by atoms with E-state index in [9.17, 15) is 19.0 Å². The fraction of sp³-hybridized carbons (Fsp3) is 0.781. The quantitative estimate of drug-likeness (QED) is 0.0212. The molecule has 0 aliphatic carbocycles. The minimum absolute atomic E-state index is 0.0252. The van der Waals surface area contributed by atoms with E-state index in [1.165, 1.54) is 135 Å². The first-order valence-corrected chi connectivity index (χ1v) is 32.2. The molecule has 10 heteroatoms. The van der Waals surface area contributed by atoms with Gasteiger partial charge in [0.25, 0.3) is 7.82 Å². The first-order chi connectivity index (χ1) is 35.9. The first-order valence-electron chi connectivity index (χ1n) is 30.7. The highest BCUT2D eigenvalue weighted by Gasteiger charge is 2.27. The maximum absolute atomic E-state index is 13.5. The van der Waals surface area contributed by atoms with Crippen LogP contribution in [-0.2, 0) is 27.9 Å². The molecule has 0 heterocycles. The third-order valence-electron chi connectivity index (χ3n) is 13.4. The molecule has 0 bridgehead atoms. The molecule has 3 unspecified atom stereocenters. The molecule has 9 nitrogen and oxygen atoms in total. The first kappa shape index (κ1) is 71.5. The van der Waals surface area contributed by atoms with E-state index in [4.69, 9.17) is 13.8 Å². The Balaban J connectivity index is 5.22. The third-order valence-corrected chi connectivity index (χ3v) is 14.4. The monoisotopic (exact) mass is 1060 g/mol. The number of amides is 1. The predicted molar refractivity (Wildman–Crippen MR) is 316 cm³/mol. The molecule has 430 valence electrons. The smallest absolute Gasteiger partial charge is 0.306 e. The molecule has 0 saturated heterocycles. The topological polar surface area (TPSA) is 114 Å².